The Balaban J connectivity index is 1.72. The number of aryl methyl sites for hydroxylation is 2. The zero-order chi connectivity index (χ0) is 14.8. The average molecular weight is 302 g/mol. The molecule has 1 fully saturated rings. The number of hydrogen-bond acceptors (Lipinski definition) is 5. The van der Waals surface area contributed by atoms with Crippen LogP contribution in [0.3, 0.4) is 0 Å². The Morgan fingerprint density at radius 3 is 3.10 bits per heavy atom. The van der Waals surface area contributed by atoms with Crippen LogP contribution in [-0.2, 0) is 17.6 Å². The zero-order valence-electron chi connectivity index (χ0n) is 11.4. The second-order valence-electron chi connectivity index (χ2n) is 4.98. The third-order valence-corrected chi connectivity index (χ3v) is 4.60. The van der Waals surface area contributed by atoms with Crippen molar-refractivity contribution < 1.29 is 9.59 Å². The lowest BCUT2D eigenvalue weighted by Crippen LogP contribution is -2.35. The van der Waals surface area contributed by atoms with Crippen molar-refractivity contribution in [2.45, 2.75) is 24.3 Å². The van der Waals surface area contributed by atoms with Crippen LogP contribution in [0, 0.1) is 11.3 Å². The number of nitrogens with zero attached hydrogens (tertiary/aromatic N) is 3. The molecular formula is C14H14N4O2S. The van der Waals surface area contributed by atoms with Crippen molar-refractivity contribution in [3.63, 3.8) is 0 Å². The number of nitrogens with one attached hydrogen (secondary N) is 1. The van der Waals surface area contributed by atoms with E-state index in [1.165, 1.54) is 16.7 Å². The van der Waals surface area contributed by atoms with Gasteiger partial charge in [-0.1, -0.05) is 11.8 Å². The molecule has 7 heteroatoms. The van der Waals surface area contributed by atoms with Crippen molar-refractivity contribution in [2.24, 2.45) is 0 Å². The van der Waals surface area contributed by atoms with E-state index in [1.807, 2.05) is 6.07 Å². The van der Waals surface area contributed by atoms with Gasteiger partial charge in [0.25, 0.3) is 0 Å². The molecule has 0 saturated carbocycles. The van der Waals surface area contributed by atoms with E-state index in [2.05, 4.69) is 16.4 Å². The molecule has 1 aliphatic carbocycles. The Bertz CT molecular complexity index is 653. The number of thioether (sulfide) groups is 1. The summed E-state index contributed by atoms with van der Waals surface area (Å²) in [6, 6.07) is 3.68. The summed E-state index contributed by atoms with van der Waals surface area (Å²) in [6.45, 7) is 0.900. The summed E-state index contributed by atoms with van der Waals surface area (Å²) in [6.07, 6.45) is 2.96. The molecule has 0 spiro atoms. The predicted octanol–water partition coefficient (Wildman–Crippen LogP) is 1.09. The topological polar surface area (TPSA) is 86.1 Å². The molecule has 1 saturated heterocycles. The second-order valence-corrected chi connectivity index (χ2v) is 5.94. The van der Waals surface area contributed by atoms with Crippen LogP contribution < -0.4 is 5.32 Å². The highest BCUT2D eigenvalue weighted by Crippen LogP contribution is 2.28. The van der Waals surface area contributed by atoms with Crippen molar-refractivity contribution in [2.75, 3.05) is 18.8 Å². The molecule has 21 heavy (non-hydrogen) atoms. The van der Waals surface area contributed by atoms with Gasteiger partial charge in [-0.2, -0.15) is 5.26 Å². The van der Waals surface area contributed by atoms with E-state index >= 15 is 0 Å². The van der Waals surface area contributed by atoms with Crippen molar-refractivity contribution in [3.8, 4) is 6.07 Å². The molecule has 2 aliphatic rings. The first-order valence-electron chi connectivity index (χ1n) is 6.83. The van der Waals surface area contributed by atoms with E-state index in [0.717, 1.165) is 30.5 Å². The van der Waals surface area contributed by atoms with Crippen LogP contribution in [-0.4, -0.2) is 40.7 Å². The van der Waals surface area contributed by atoms with Crippen LogP contribution in [0.2, 0.25) is 0 Å². The smallest absolute Gasteiger partial charge is 0.324 e. The molecule has 3 rings (SSSR count). The summed E-state index contributed by atoms with van der Waals surface area (Å²) < 4.78 is 0. The van der Waals surface area contributed by atoms with E-state index in [-0.39, 0.29) is 17.7 Å². The van der Waals surface area contributed by atoms with E-state index in [0.29, 0.717) is 23.7 Å². The van der Waals surface area contributed by atoms with Crippen molar-refractivity contribution in [1.29, 1.82) is 5.26 Å². The lowest BCUT2D eigenvalue weighted by molar-refractivity contribution is -0.124. The maximum absolute atomic E-state index is 12.0. The van der Waals surface area contributed by atoms with Crippen LogP contribution in [0.4, 0.5) is 4.79 Å². The van der Waals surface area contributed by atoms with Crippen molar-refractivity contribution >= 4 is 23.7 Å². The standard InChI is InChI=1S/C14H14N4O2S/c15-7-10-6-9-2-1-3-11(9)17-13(10)21-8-12(19)18-5-4-16-14(18)20/h6H,1-5,8H2,(H,16,20). The van der Waals surface area contributed by atoms with E-state index in [4.69, 9.17) is 0 Å². The van der Waals surface area contributed by atoms with Gasteiger partial charge >= 0.3 is 6.03 Å². The molecular weight excluding hydrogens is 288 g/mol. The predicted molar refractivity (Wildman–Crippen MR) is 76.8 cm³/mol. The van der Waals surface area contributed by atoms with Crippen LogP contribution in [0.1, 0.15) is 23.2 Å². The number of amides is 3. The summed E-state index contributed by atoms with van der Waals surface area (Å²) in [5.41, 5.74) is 2.68. The molecule has 2 heterocycles. The maximum atomic E-state index is 12.0. The van der Waals surface area contributed by atoms with Gasteiger partial charge in [0.1, 0.15) is 11.1 Å². The Hall–Kier alpha value is -2.07. The van der Waals surface area contributed by atoms with Gasteiger partial charge in [-0.05, 0) is 30.9 Å². The van der Waals surface area contributed by atoms with Gasteiger partial charge in [-0.25, -0.2) is 9.78 Å². The van der Waals surface area contributed by atoms with Gasteiger partial charge in [-0.3, -0.25) is 9.69 Å². The Morgan fingerprint density at radius 2 is 2.38 bits per heavy atom. The van der Waals surface area contributed by atoms with Crippen LogP contribution in [0.25, 0.3) is 0 Å². The number of aromatic nitrogens is 1. The fourth-order valence-electron chi connectivity index (χ4n) is 2.56. The minimum absolute atomic E-state index is 0.119. The fraction of sp³-hybridized carbons (Fsp3) is 0.429. The number of imide groups is 1. The number of fused-ring (bicyclic) bond motifs is 1. The molecule has 0 aromatic carbocycles. The third-order valence-electron chi connectivity index (χ3n) is 3.63. The van der Waals surface area contributed by atoms with Crippen LogP contribution >= 0.6 is 11.8 Å². The second kappa shape index (κ2) is 5.74. The van der Waals surface area contributed by atoms with Crippen molar-refractivity contribution in [1.82, 2.24) is 15.2 Å². The highest BCUT2D eigenvalue weighted by atomic mass is 32.2. The van der Waals surface area contributed by atoms with Gasteiger partial charge in [0.2, 0.25) is 5.91 Å². The lowest BCUT2D eigenvalue weighted by atomic mass is 10.2. The molecule has 1 aromatic rings. The minimum atomic E-state index is -0.344. The molecule has 0 bridgehead atoms. The molecule has 3 amide bonds. The Kier molecular flexibility index (Phi) is 3.80. The number of carbonyl (C=O) groups excluding carboxylic acids is 2. The van der Waals surface area contributed by atoms with Gasteiger partial charge in [-0.15, -0.1) is 0 Å². The van der Waals surface area contributed by atoms with Crippen molar-refractivity contribution in [3.05, 3.63) is 22.9 Å². The SMILES string of the molecule is N#Cc1cc2c(nc1SCC(=O)N1CCNC1=O)CCC2. The van der Waals surface area contributed by atoms with Crippen LogP contribution in [0.15, 0.2) is 11.1 Å². The summed E-state index contributed by atoms with van der Waals surface area (Å²) >= 11 is 1.23. The summed E-state index contributed by atoms with van der Waals surface area (Å²) in [5, 5.41) is 12.4. The minimum Gasteiger partial charge on any atom is -0.336 e. The first-order chi connectivity index (χ1) is 10.2. The number of urea groups is 1. The monoisotopic (exact) mass is 302 g/mol. The number of nitriles is 1. The van der Waals surface area contributed by atoms with Gasteiger partial charge in [0.05, 0.1) is 11.3 Å². The molecule has 6 nitrogen and oxygen atoms in total. The highest BCUT2D eigenvalue weighted by molar-refractivity contribution is 8.00. The zero-order valence-corrected chi connectivity index (χ0v) is 12.2. The van der Waals surface area contributed by atoms with E-state index in [1.54, 1.807) is 0 Å². The maximum Gasteiger partial charge on any atom is 0.324 e. The van der Waals surface area contributed by atoms with E-state index < -0.39 is 0 Å². The molecule has 0 atom stereocenters. The third kappa shape index (κ3) is 2.72. The summed E-state index contributed by atoms with van der Waals surface area (Å²) in [5.74, 6) is -0.130. The van der Waals surface area contributed by atoms with E-state index in [9.17, 15) is 14.9 Å². The molecule has 0 radical (unpaired) electrons. The summed E-state index contributed by atoms with van der Waals surface area (Å²) in [4.78, 5) is 29.1. The summed E-state index contributed by atoms with van der Waals surface area (Å²) in [7, 11) is 0. The van der Waals surface area contributed by atoms with Crippen LogP contribution in [0.5, 0.6) is 0 Å². The molecule has 1 aromatic heterocycles. The average Bonchev–Trinajstić information content (AvgIpc) is 3.11. The molecule has 1 N–H and O–H groups in total. The number of rotatable bonds is 3. The quantitative estimate of drug-likeness (QED) is 0.845. The Labute approximate surface area is 126 Å². The molecule has 108 valence electrons. The normalized spacial score (nSPS) is 16.5. The molecule has 0 unspecified atom stereocenters. The number of carbonyl (C=O) groups is 2. The Morgan fingerprint density at radius 1 is 1.52 bits per heavy atom. The highest BCUT2D eigenvalue weighted by Gasteiger charge is 2.26. The first-order valence-corrected chi connectivity index (χ1v) is 7.81. The number of pyridine rings is 1. The lowest BCUT2D eigenvalue weighted by Gasteiger charge is -2.12. The molecule has 1 aliphatic heterocycles. The van der Waals surface area contributed by atoms with Gasteiger partial charge in [0, 0.05) is 18.8 Å². The largest absolute Gasteiger partial charge is 0.336 e. The fourth-order valence-corrected chi connectivity index (χ4v) is 3.41. The first kappa shape index (κ1) is 13.9. The van der Waals surface area contributed by atoms with Gasteiger partial charge in [0.15, 0.2) is 0 Å². The van der Waals surface area contributed by atoms with Gasteiger partial charge < -0.3 is 5.32 Å². The number of hydrogen-bond donors (Lipinski definition) is 1.